The highest BCUT2D eigenvalue weighted by molar-refractivity contribution is 7.98. The number of hydrogen-bond donors (Lipinski definition) is 3. The number of halogens is 1. The maximum Gasteiger partial charge on any atom is 0.293 e. The van der Waals surface area contributed by atoms with Crippen LogP contribution in [0.4, 0.5) is 5.82 Å². The Morgan fingerprint density at radius 2 is 2.09 bits per heavy atom. The van der Waals surface area contributed by atoms with Crippen molar-refractivity contribution >= 4 is 41.3 Å². The monoisotopic (exact) mass is 484 g/mol. The number of nitrogens with two attached hydrogens (primary N) is 1. The number of anilines is 1. The van der Waals surface area contributed by atoms with Gasteiger partial charge in [-0.3, -0.25) is 4.79 Å². The molecule has 0 aliphatic rings. The first kappa shape index (κ1) is 22.3. The molecule has 168 valence electrons. The lowest BCUT2D eigenvalue weighted by atomic mass is 10.2. The normalized spacial score (nSPS) is 11.2. The highest BCUT2D eigenvalue weighted by atomic mass is 35.5. The Bertz CT molecular complexity index is 1320. The lowest BCUT2D eigenvalue weighted by Crippen LogP contribution is -2.20. The minimum atomic E-state index is -0.617. The zero-order valence-electron chi connectivity index (χ0n) is 17.1. The van der Waals surface area contributed by atoms with Crippen molar-refractivity contribution in [3.63, 3.8) is 0 Å². The van der Waals surface area contributed by atoms with E-state index in [2.05, 4.69) is 35.8 Å². The molecule has 0 aliphatic heterocycles. The Balaban J connectivity index is 1.58. The summed E-state index contributed by atoms with van der Waals surface area (Å²) in [5.74, 6) is -0.207. The summed E-state index contributed by atoms with van der Waals surface area (Å²) in [5.41, 5.74) is 10.1. The number of hydrazone groups is 1. The fourth-order valence-electron chi connectivity index (χ4n) is 2.74. The Labute approximate surface area is 196 Å². The van der Waals surface area contributed by atoms with Gasteiger partial charge >= 0.3 is 0 Å². The number of thioether (sulfide) groups is 1. The van der Waals surface area contributed by atoms with Gasteiger partial charge in [-0.05, 0) is 47.6 Å². The molecule has 11 nitrogen and oxygen atoms in total. The first-order valence-corrected chi connectivity index (χ1v) is 10.8. The van der Waals surface area contributed by atoms with Gasteiger partial charge in [0.1, 0.15) is 5.75 Å². The number of phenols is 1. The summed E-state index contributed by atoms with van der Waals surface area (Å²) in [6.07, 6.45) is 1.27. The van der Waals surface area contributed by atoms with Gasteiger partial charge in [0.05, 0.1) is 11.9 Å². The number of aromatic hydroxyl groups is 1. The van der Waals surface area contributed by atoms with Gasteiger partial charge < -0.3 is 10.8 Å². The number of hydrogen-bond acceptors (Lipinski definition) is 10. The van der Waals surface area contributed by atoms with Gasteiger partial charge in [-0.25, -0.2) is 10.1 Å². The number of carbonyl (C=O) groups excluding carboxylic acids is 1. The molecule has 4 rings (SSSR count). The van der Waals surface area contributed by atoms with Crippen LogP contribution in [-0.4, -0.2) is 42.5 Å². The van der Waals surface area contributed by atoms with Crippen molar-refractivity contribution in [2.75, 3.05) is 5.73 Å². The molecule has 2 heterocycles. The number of aryl methyl sites for hydroxylation is 1. The molecule has 1 amide bonds. The number of benzene rings is 2. The number of rotatable bonds is 7. The summed E-state index contributed by atoms with van der Waals surface area (Å²) < 4.78 is 5.96. The first-order valence-electron chi connectivity index (χ1n) is 9.46. The Morgan fingerprint density at radius 3 is 2.82 bits per heavy atom. The molecule has 4 aromatic rings. The summed E-state index contributed by atoms with van der Waals surface area (Å²) in [7, 11) is 0. The second-order valence-electron chi connectivity index (χ2n) is 6.77. The number of phenolic OH excluding ortho intramolecular Hbond substituents is 1. The maximum absolute atomic E-state index is 12.8. The van der Waals surface area contributed by atoms with Crippen LogP contribution in [-0.2, 0) is 5.75 Å². The third kappa shape index (κ3) is 5.13. The summed E-state index contributed by atoms with van der Waals surface area (Å²) in [6.45, 7) is 2.00. The molecule has 2 aromatic heterocycles. The van der Waals surface area contributed by atoms with E-state index in [1.54, 1.807) is 0 Å². The molecule has 33 heavy (non-hydrogen) atoms. The van der Waals surface area contributed by atoms with Gasteiger partial charge in [-0.1, -0.05) is 34.5 Å². The molecular formula is C20H17ClN8O3S. The van der Waals surface area contributed by atoms with E-state index in [1.807, 2.05) is 31.2 Å². The van der Waals surface area contributed by atoms with E-state index in [9.17, 15) is 9.90 Å². The van der Waals surface area contributed by atoms with Crippen LogP contribution in [0.5, 0.6) is 5.75 Å². The predicted molar refractivity (Wildman–Crippen MR) is 123 cm³/mol. The highest BCUT2D eigenvalue weighted by Gasteiger charge is 2.24. The maximum atomic E-state index is 12.8. The number of amides is 1. The van der Waals surface area contributed by atoms with Gasteiger partial charge in [0, 0.05) is 21.2 Å². The van der Waals surface area contributed by atoms with Crippen LogP contribution in [0.15, 0.2) is 57.1 Å². The largest absolute Gasteiger partial charge is 0.507 e. The Kier molecular flexibility index (Phi) is 6.56. The van der Waals surface area contributed by atoms with Crippen LogP contribution < -0.4 is 11.2 Å². The Hall–Kier alpha value is -3.90. The highest BCUT2D eigenvalue weighted by Crippen LogP contribution is 2.26. The van der Waals surface area contributed by atoms with Crippen molar-refractivity contribution in [1.29, 1.82) is 0 Å². The molecule has 0 radical (unpaired) electrons. The molecule has 4 N–H and O–H groups in total. The van der Waals surface area contributed by atoms with Crippen LogP contribution >= 0.6 is 23.4 Å². The van der Waals surface area contributed by atoms with Crippen molar-refractivity contribution in [1.82, 2.24) is 30.7 Å². The minimum absolute atomic E-state index is 0.00268. The molecule has 0 aliphatic carbocycles. The van der Waals surface area contributed by atoms with Crippen LogP contribution in [0.2, 0.25) is 5.02 Å². The smallest absolute Gasteiger partial charge is 0.293 e. The van der Waals surface area contributed by atoms with E-state index in [-0.39, 0.29) is 23.1 Å². The standard InChI is InChI=1S/C20H17ClN8O3S/c1-11-2-5-14(6-3-11)33-10-15-17(24-28-29(15)19-18(22)26-32-27-19)20(31)25-23-9-12-8-13(21)4-7-16(12)30/h2-9,30H,10H2,1H3,(H2,22,26)(H,25,31)/b23-9-. The molecule has 0 saturated heterocycles. The van der Waals surface area contributed by atoms with Crippen molar-refractivity contribution < 1.29 is 14.5 Å². The molecule has 0 unspecified atom stereocenters. The van der Waals surface area contributed by atoms with E-state index in [0.717, 1.165) is 10.5 Å². The van der Waals surface area contributed by atoms with Gasteiger partial charge in [0.2, 0.25) is 11.6 Å². The quantitative estimate of drug-likeness (QED) is 0.204. The van der Waals surface area contributed by atoms with E-state index in [1.165, 1.54) is 40.9 Å². The van der Waals surface area contributed by atoms with Crippen LogP contribution in [0.3, 0.4) is 0 Å². The Morgan fingerprint density at radius 1 is 1.30 bits per heavy atom. The number of aromatic nitrogens is 5. The van der Waals surface area contributed by atoms with Crippen molar-refractivity contribution in [2.45, 2.75) is 17.6 Å². The topological polar surface area (TPSA) is 157 Å². The van der Waals surface area contributed by atoms with Crippen molar-refractivity contribution in [3.05, 3.63) is 70.0 Å². The van der Waals surface area contributed by atoms with Crippen LogP contribution in [0.25, 0.3) is 5.82 Å². The molecule has 0 fully saturated rings. The molecule has 0 spiro atoms. The second-order valence-corrected chi connectivity index (χ2v) is 8.26. The molecule has 0 saturated carbocycles. The zero-order chi connectivity index (χ0) is 23.4. The van der Waals surface area contributed by atoms with E-state index in [0.29, 0.717) is 22.0 Å². The molecule has 0 atom stereocenters. The van der Waals surface area contributed by atoms with Crippen LogP contribution in [0, 0.1) is 6.92 Å². The number of nitrogen functional groups attached to an aromatic ring is 1. The first-order chi connectivity index (χ1) is 15.9. The lowest BCUT2D eigenvalue weighted by molar-refractivity contribution is 0.0949. The van der Waals surface area contributed by atoms with E-state index >= 15 is 0 Å². The van der Waals surface area contributed by atoms with E-state index in [4.69, 9.17) is 17.3 Å². The summed E-state index contributed by atoms with van der Waals surface area (Å²) in [4.78, 5) is 13.8. The van der Waals surface area contributed by atoms with Gasteiger partial charge in [0.15, 0.2) is 5.69 Å². The number of nitrogens with zero attached hydrogens (tertiary/aromatic N) is 6. The summed E-state index contributed by atoms with van der Waals surface area (Å²) >= 11 is 7.39. The van der Waals surface area contributed by atoms with Crippen LogP contribution in [0.1, 0.15) is 27.3 Å². The minimum Gasteiger partial charge on any atom is -0.507 e. The average molecular weight is 485 g/mol. The van der Waals surface area contributed by atoms with Crippen molar-refractivity contribution in [3.8, 4) is 11.6 Å². The van der Waals surface area contributed by atoms with Gasteiger partial charge in [-0.2, -0.15) is 9.78 Å². The third-order valence-electron chi connectivity index (χ3n) is 4.43. The number of nitrogens with one attached hydrogen (secondary N) is 1. The third-order valence-corrected chi connectivity index (χ3v) is 5.69. The van der Waals surface area contributed by atoms with E-state index < -0.39 is 5.91 Å². The lowest BCUT2D eigenvalue weighted by Gasteiger charge is -2.06. The van der Waals surface area contributed by atoms with Crippen molar-refractivity contribution in [2.24, 2.45) is 5.10 Å². The number of carbonyl (C=O) groups is 1. The SMILES string of the molecule is Cc1ccc(SCc2c(C(=O)N/N=C\c3cc(Cl)ccc3O)nnn2-c2nonc2N)cc1. The second kappa shape index (κ2) is 9.71. The predicted octanol–water partition coefficient (Wildman–Crippen LogP) is 2.96. The fraction of sp³-hybridized carbons (Fsp3) is 0.100. The average Bonchev–Trinajstić information content (AvgIpc) is 3.41. The molecular weight excluding hydrogens is 468 g/mol. The summed E-state index contributed by atoms with van der Waals surface area (Å²) in [6, 6.07) is 12.4. The molecule has 0 bridgehead atoms. The zero-order valence-corrected chi connectivity index (χ0v) is 18.7. The summed E-state index contributed by atoms with van der Waals surface area (Å²) in [5, 5.41) is 29.4. The molecule has 13 heteroatoms. The fourth-order valence-corrected chi connectivity index (χ4v) is 3.82. The van der Waals surface area contributed by atoms with Gasteiger partial charge in [-0.15, -0.1) is 16.9 Å². The molecule has 2 aromatic carbocycles. The van der Waals surface area contributed by atoms with Gasteiger partial charge in [0.25, 0.3) is 5.91 Å².